The average molecular weight is 249 g/mol. The Morgan fingerprint density at radius 3 is 2.56 bits per heavy atom. The van der Waals surface area contributed by atoms with Crippen LogP contribution in [0, 0.1) is 11.3 Å². The van der Waals surface area contributed by atoms with Gasteiger partial charge in [0.1, 0.15) is 0 Å². The molecule has 0 aliphatic heterocycles. The molecule has 0 saturated heterocycles. The molecule has 0 fully saturated rings. The molecule has 0 aromatic heterocycles. The predicted molar refractivity (Wildman–Crippen MR) is 53.9 cm³/mol. The summed E-state index contributed by atoms with van der Waals surface area (Å²) in [6.07, 6.45) is 1.22. The number of hydrogen-bond donors (Lipinski definition) is 0. The Kier molecular flexibility index (Phi) is 7.28. The number of hydrogen-bond acceptors (Lipinski definition) is 1. The van der Waals surface area contributed by atoms with Gasteiger partial charge in [-0.2, -0.15) is 5.26 Å². The van der Waals surface area contributed by atoms with E-state index < -0.39 is 6.98 Å². The van der Waals surface area contributed by atoms with Crippen LogP contribution in [0.25, 0.3) is 6.08 Å². The first-order valence-electron chi connectivity index (χ1n) is 4.36. The van der Waals surface area contributed by atoms with Gasteiger partial charge in [-0.05, 0) is 11.1 Å². The summed E-state index contributed by atoms with van der Waals surface area (Å²) in [6, 6.07) is 8.42. The van der Waals surface area contributed by atoms with E-state index in [9.17, 15) is 12.9 Å². The maximum absolute atomic E-state index is 11.9. The van der Waals surface area contributed by atoms with Crippen LogP contribution < -0.4 is 51.4 Å². The van der Waals surface area contributed by atoms with Crippen LogP contribution in [0.1, 0.15) is 11.1 Å². The molecule has 6 heteroatoms. The van der Waals surface area contributed by atoms with Gasteiger partial charge in [0.2, 0.25) is 0 Å². The van der Waals surface area contributed by atoms with Crippen molar-refractivity contribution in [2.45, 2.75) is 6.42 Å². The fraction of sp³-hybridized carbons (Fsp3) is 0.100. The third kappa shape index (κ3) is 6.51. The largest absolute Gasteiger partial charge is 1.00 e. The molecule has 0 saturated carbocycles. The summed E-state index contributed by atoms with van der Waals surface area (Å²) in [5.41, 5.74) is 1.18. The third-order valence-corrected chi connectivity index (χ3v) is 1.74. The SMILES string of the molecule is N#CCc1cccc(/C=C/[B-](F)(F)F)c1.[K+]. The zero-order chi connectivity index (χ0) is 11.3. The van der Waals surface area contributed by atoms with Crippen LogP contribution in [-0.2, 0) is 6.42 Å². The minimum atomic E-state index is -4.89. The quantitative estimate of drug-likeness (QED) is 0.700. The van der Waals surface area contributed by atoms with E-state index in [1.807, 2.05) is 6.07 Å². The Balaban J connectivity index is 0.00000225. The van der Waals surface area contributed by atoms with Crippen molar-refractivity contribution in [2.75, 3.05) is 0 Å². The first kappa shape index (κ1) is 15.9. The molecule has 0 heterocycles. The molecule has 1 aromatic carbocycles. The van der Waals surface area contributed by atoms with Crippen molar-refractivity contribution in [3.8, 4) is 6.07 Å². The Hall–Kier alpha value is -0.0587. The van der Waals surface area contributed by atoms with Crippen LogP contribution in [0.5, 0.6) is 0 Å². The van der Waals surface area contributed by atoms with Crippen molar-refractivity contribution >= 4 is 13.1 Å². The number of rotatable bonds is 3. The van der Waals surface area contributed by atoms with E-state index in [0.29, 0.717) is 11.1 Å². The molecule has 0 radical (unpaired) electrons. The smallest absolute Gasteiger partial charge is 0.445 e. The van der Waals surface area contributed by atoms with Gasteiger partial charge in [-0.1, -0.05) is 30.3 Å². The fourth-order valence-electron chi connectivity index (χ4n) is 1.12. The first-order valence-corrected chi connectivity index (χ1v) is 4.36. The number of benzene rings is 1. The Morgan fingerprint density at radius 2 is 2.00 bits per heavy atom. The van der Waals surface area contributed by atoms with Crippen LogP contribution in [-0.4, -0.2) is 6.98 Å². The molecular weight excluding hydrogens is 241 g/mol. The number of nitrogens with zero attached hydrogens (tertiary/aromatic N) is 1. The molecular formula is C10H8BF3KN. The van der Waals surface area contributed by atoms with Crippen molar-refractivity contribution in [3.05, 3.63) is 41.4 Å². The summed E-state index contributed by atoms with van der Waals surface area (Å²) in [5.74, 6) is 0.242. The molecule has 0 unspecified atom stereocenters. The minimum absolute atomic E-state index is 0. The van der Waals surface area contributed by atoms with Crippen molar-refractivity contribution in [1.29, 1.82) is 5.26 Å². The summed E-state index contributed by atoms with van der Waals surface area (Å²) < 4.78 is 35.7. The van der Waals surface area contributed by atoms with Crippen LogP contribution >= 0.6 is 0 Å². The summed E-state index contributed by atoms with van der Waals surface area (Å²) in [6.45, 7) is -4.89. The van der Waals surface area contributed by atoms with Gasteiger partial charge in [-0.3, -0.25) is 0 Å². The molecule has 0 bridgehead atoms. The average Bonchev–Trinajstić information content (AvgIpc) is 2.15. The van der Waals surface area contributed by atoms with Crippen LogP contribution in [0.15, 0.2) is 30.2 Å². The van der Waals surface area contributed by atoms with Crippen molar-refractivity contribution in [2.24, 2.45) is 0 Å². The van der Waals surface area contributed by atoms with Gasteiger partial charge in [0.25, 0.3) is 0 Å². The van der Waals surface area contributed by atoms with Crippen molar-refractivity contribution in [1.82, 2.24) is 0 Å². The zero-order valence-corrected chi connectivity index (χ0v) is 12.0. The molecule has 0 N–H and O–H groups in total. The predicted octanol–water partition coefficient (Wildman–Crippen LogP) is 0.156. The van der Waals surface area contributed by atoms with Gasteiger partial charge < -0.3 is 12.9 Å². The van der Waals surface area contributed by atoms with Crippen molar-refractivity contribution in [3.63, 3.8) is 0 Å². The topological polar surface area (TPSA) is 23.8 Å². The maximum atomic E-state index is 11.9. The van der Waals surface area contributed by atoms with E-state index in [0.717, 1.165) is 6.08 Å². The van der Waals surface area contributed by atoms with E-state index in [1.165, 1.54) is 0 Å². The molecule has 0 spiro atoms. The van der Waals surface area contributed by atoms with Gasteiger partial charge >= 0.3 is 58.4 Å². The van der Waals surface area contributed by atoms with Gasteiger partial charge in [-0.15, -0.1) is 5.98 Å². The van der Waals surface area contributed by atoms with Gasteiger partial charge in [0.05, 0.1) is 12.5 Å². The summed E-state index contributed by atoms with van der Waals surface area (Å²) in [5, 5.41) is 8.42. The molecule has 0 amide bonds. The Morgan fingerprint density at radius 1 is 1.31 bits per heavy atom. The minimum Gasteiger partial charge on any atom is -0.445 e. The molecule has 1 nitrogen and oxygen atoms in total. The number of nitriles is 1. The monoisotopic (exact) mass is 249 g/mol. The molecule has 0 aliphatic carbocycles. The second-order valence-corrected chi connectivity index (χ2v) is 3.06. The zero-order valence-electron chi connectivity index (χ0n) is 8.83. The van der Waals surface area contributed by atoms with Crippen molar-refractivity contribution < 1.29 is 64.3 Å². The number of halogens is 3. The van der Waals surface area contributed by atoms with E-state index in [1.54, 1.807) is 24.3 Å². The van der Waals surface area contributed by atoms with Crippen LogP contribution in [0.2, 0.25) is 0 Å². The van der Waals surface area contributed by atoms with Crippen LogP contribution in [0.3, 0.4) is 0 Å². The molecule has 1 aromatic rings. The van der Waals surface area contributed by atoms with Gasteiger partial charge in [0.15, 0.2) is 0 Å². The van der Waals surface area contributed by atoms with E-state index >= 15 is 0 Å². The second-order valence-electron chi connectivity index (χ2n) is 3.06. The third-order valence-electron chi connectivity index (χ3n) is 1.74. The van der Waals surface area contributed by atoms with Gasteiger partial charge in [0, 0.05) is 0 Å². The fourth-order valence-corrected chi connectivity index (χ4v) is 1.12. The van der Waals surface area contributed by atoms with Crippen LogP contribution in [0.4, 0.5) is 12.9 Å². The maximum Gasteiger partial charge on any atom is 1.00 e. The first-order chi connectivity index (χ1) is 7.01. The van der Waals surface area contributed by atoms with E-state index in [4.69, 9.17) is 5.26 Å². The normalized spacial score (nSPS) is 10.9. The Bertz CT molecular complexity index is 409. The Labute approximate surface area is 135 Å². The second kappa shape index (κ2) is 7.30. The molecule has 0 aliphatic rings. The van der Waals surface area contributed by atoms with Gasteiger partial charge in [-0.25, -0.2) is 0 Å². The summed E-state index contributed by atoms with van der Waals surface area (Å²) >= 11 is 0. The van der Waals surface area contributed by atoms with E-state index in [-0.39, 0.29) is 63.8 Å². The standard InChI is InChI=1S/C10H8BF3N.K/c12-11(13,14)6-4-9-2-1-3-10(8-9)5-7-15;/h1-4,6,8H,5H2;/q-1;+1/b6-4+;. The molecule has 1 rings (SSSR count). The van der Waals surface area contributed by atoms with E-state index in [2.05, 4.69) is 0 Å². The molecule has 16 heavy (non-hydrogen) atoms. The summed E-state index contributed by atoms with van der Waals surface area (Å²) in [4.78, 5) is 0. The summed E-state index contributed by atoms with van der Waals surface area (Å²) in [7, 11) is 0. The molecule has 78 valence electrons. The molecule has 0 atom stereocenters.